The predicted molar refractivity (Wildman–Crippen MR) is 75.5 cm³/mol. The molecule has 0 radical (unpaired) electrons. The normalized spacial score (nSPS) is 31.1. The molecule has 1 aromatic heterocycles. The monoisotopic (exact) mass is 272 g/mol. The van der Waals surface area contributed by atoms with Gasteiger partial charge in [0, 0.05) is 23.6 Å². The van der Waals surface area contributed by atoms with Crippen molar-refractivity contribution in [1.82, 2.24) is 4.98 Å². The van der Waals surface area contributed by atoms with E-state index in [1.807, 2.05) is 6.20 Å². The van der Waals surface area contributed by atoms with E-state index in [4.69, 9.17) is 4.74 Å². The second-order valence-electron chi connectivity index (χ2n) is 6.45. The second kappa shape index (κ2) is 4.55. The molecule has 0 bridgehead atoms. The summed E-state index contributed by atoms with van der Waals surface area (Å²) < 4.78 is 5.43. The first kappa shape index (κ1) is 12.3. The maximum absolute atomic E-state index is 12.3. The molecule has 0 aromatic carbocycles. The molecule has 2 heterocycles. The summed E-state index contributed by atoms with van der Waals surface area (Å²) in [6.45, 7) is 1.57. The Labute approximate surface area is 118 Å². The van der Waals surface area contributed by atoms with Crippen LogP contribution < -0.4 is 5.32 Å². The van der Waals surface area contributed by atoms with Crippen molar-refractivity contribution < 1.29 is 9.53 Å². The zero-order valence-electron chi connectivity index (χ0n) is 11.7. The molecule has 1 aromatic rings. The molecule has 4 rings (SSSR count). The average Bonchev–Trinajstić information content (AvgIpc) is 2.97. The summed E-state index contributed by atoms with van der Waals surface area (Å²) in [4.78, 5) is 16.8. The number of carbonyl (C=O) groups excluding carboxylic acids is 1. The van der Waals surface area contributed by atoms with Crippen LogP contribution in [0.15, 0.2) is 12.3 Å². The highest BCUT2D eigenvalue weighted by atomic mass is 16.5. The highest BCUT2D eigenvalue weighted by molar-refractivity contribution is 5.95. The first-order chi connectivity index (χ1) is 9.77. The van der Waals surface area contributed by atoms with E-state index in [1.165, 1.54) is 24.1 Å². The van der Waals surface area contributed by atoms with Crippen molar-refractivity contribution in [1.29, 1.82) is 0 Å². The molecule has 2 aliphatic carbocycles. The fourth-order valence-electron chi connectivity index (χ4n) is 3.66. The van der Waals surface area contributed by atoms with E-state index in [0.29, 0.717) is 0 Å². The lowest BCUT2D eigenvalue weighted by molar-refractivity contribution is -0.118. The molecule has 1 N–H and O–H groups in total. The number of hydrogen-bond donors (Lipinski definition) is 1. The fraction of sp³-hybridized carbons (Fsp3) is 0.625. The van der Waals surface area contributed by atoms with Crippen LogP contribution in [0.2, 0.25) is 0 Å². The van der Waals surface area contributed by atoms with Gasteiger partial charge in [-0.1, -0.05) is 0 Å². The first-order valence-corrected chi connectivity index (χ1v) is 7.63. The lowest BCUT2D eigenvalue weighted by atomic mass is 9.96. The number of fused-ring (bicyclic) bond motifs is 1. The molecule has 4 heteroatoms. The number of aryl methyl sites for hydroxylation is 2. The Balaban J connectivity index is 1.45. The van der Waals surface area contributed by atoms with Gasteiger partial charge in [-0.25, -0.2) is 0 Å². The minimum Gasteiger partial charge on any atom is -0.381 e. The number of aromatic nitrogens is 1. The van der Waals surface area contributed by atoms with Crippen LogP contribution in [0.25, 0.3) is 0 Å². The standard InChI is InChI=1S/C16H20N2O2/c19-15(13-8-16(13)5-6-20-10-16)18-12-7-11-3-1-2-4-14(11)17-9-12/h7,9,13H,1-6,8,10H2,(H,18,19). The van der Waals surface area contributed by atoms with Crippen LogP contribution >= 0.6 is 0 Å². The van der Waals surface area contributed by atoms with Gasteiger partial charge in [0.25, 0.3) is 0 Å². The van der Waals surface area contributed by atoms with E-state index in [9.17, 15) is 4.79 Å². The third-order valence-electron chi connectivity index (χ3n) is 5.08. The minimum absolute atomic E-state index is 0.140. The Kier molecular flexibility index (Phi) is 2.81. The molecular weight excluding hydrogens is 252 g/mol. The fourth-order valence-corrected chi connectivity index (χ4v) is 3.66. The van der Waals surface area contributed by atoms with Crippen LogP contribution in [-0.4, -0.2) is 24.1 Å². The van der Waals surface area contributed by atoms with Crippen LogP contribution in [-0.2, 0) is 22.4 Å². The summed E-state index contributed by atoms with van der Waals surface area (Å²) in [5.41, 5.74) is 3.54. The number of pyridine rings is 1. The van der Waals surface area contributed by atoms with Crippen molar-refractivity contribution in [3.63, 3.8) is 0 Å². The van der Waals surface area contributed by atoms with E-state index >= 15 is 0 Å². The van der Waals surface area contributed by atoms with Gasteiger partial charge in [-0.2, -0.15) is 0 Å². The molecule has 106 valence electrons. The van der Waals surface area contributed by atoms with Gasteiger partial charge >= 0.3 is 0 Å². The van der Waals surface area contributed by atoms with E-state index < -0.39 is 0 Å². The van der Waals surface area contributed by atoms with Crippen molar-refractivity contribution in [3.8, 4) is 0 Å². The number of carbonyl (C=O) groups is 1. The maximum atomic E-state index is 12.3. The Hall–Kier alpha value is -1.42. The van der Waals surface area contributed by atoms with E-state index in [1.54, 1.807) is 0 Å². The van der Waals surface area contributed by atoms with Crippen molar-refractivity contribution in [3.05, 3.63) is 23.5 Å². The van der Waals surface area contributed by atoms with Crippen LogP contribution in [0.5, 0.6) is 0 Å². The maximum Gasteiger partial charge on any atom is 0.228 e. The molecule has 3 aliphatic rings. The molecular formula is C16H20N2O2. The molecule has 2 atom stereocenters. The number of rotatable bonds is 2. The molecule has 1 amide bonds. The number of nitrogens with one attached hydrogen (secondary N) is 1. The topological polar surface area (TPSA) is 51.2 Å². The van der Waals surface area contributed by atoms with Gasteiger partial charge in [0.1, 0.15) is 0 Å². The van der Waals surface area contributed by atoms with Crippen LogP contribution in [0.4, 0.5) is 5.69 Å². The van der Waals surface area contributed by atoms with Gasteiger partial charge in [0.05, 0.1) is 18.5 Å². The van der Waals surface area contributed by atoms with Gasteiger partial charge in [0.15, 0.2) is 0 Å². The molecule has 20 heavy (non-hydrogen) atoms. The molecule has 2 unspecified atom stereocenters. The average molecular weight is 272 g/mol. The van der Waals surface area contributed by atoms with E-state index in [0.717, 1.165) is 44.6 Å². The van der Waals surface area contributed by atoms with E-state index in [2.05, 4.69) is 16.4 Å². The van der Waals surface area contributed by atoms with Gasteiger partial charge in [0.2, 0.25) is 5.91 Å². The summed E-state index contributed by atoms with van der Waals surface area (Å²) in [5.74, 6) is 0.286. The highest BCUT2D eigenvalue weighted by Crippen LogP contribution is 2.58. The lowest BCUT2D eigenvalue weighted by Gasteiger charge is -2.16. The van der Waals surface area contributed by atoms with Crippen LogP contribution in [0, 0.1) is 11.3 Å². The molecule has 1 saturated heterocycles. The zero-order valence-corrected chi connectivity index (χ0v) is 11.7. The Bertz CT molecular complexity index is 549. The summed E-state index contributed by atoms with van der Waals surface area (Å²) in [6.07, 6.45) is 8.46. The molecule has 2 fully saturated rings. The Morgan fingerprint density at radius 1 is 1.40 bits per heavy atom. The van der Waals surface area contributed by atoms with Crippen molar-refractivity contribution in [2.24, 2.45) is 11.3 Å². The highest BCUT2D eigenvalue weighted by Gasteiger charge is 2.59. The predicted octanol–water partition coefficient (Wildman–Crippen LogP) is 2.33. The molecule has 4 nitrogen and oxygen atoms in total. The molecule has 1 spiro atoms. The summed E-state index contributed by atoms with van der Waals surface area (Å²) >= 11 is 0. The van der Waals surface area contributed by atoms with Crippen LogP contribution in [0.3, 0.4) is 0 Å². The number of amides is 1. The van der Waals surface area contributed by atoms with Crippen molar-refractivity contribution in [2.75, 3.05) is 18.5 Å². The van der Waals surface area contributed by atoms with E-state index in [-0.39, 0.29) is 17.2 Å². The summed E-state index contributed by atoms with van der Waals surface area (Å²) in [6, 6.07) is 2.11. The van der Waals surface area contributed by atoms with Crippen molar-refractivity contribution >= 4 is 11.6 Å². The number of ether oxygens (including phenoxy) is 1. The Morgan fingerprint density at radius 2 is 2.30 bits per heavy atom. The van der Waals surface area contributed by atoms with Gasteiger partial charge in [-0.15, -0.1) is 0 Å². The smallest absolute Gasteiger partial charge is 0.228 e. The first-order valence-electron chi connectivity index (χ1n) is 7.63. The third kappa shape index (κ3) is 2.03. The quantitative estimate of drug-likeness (QED) is 0.899. The molecule has 1 saturated carbocycles. The van der Waals surface area contributed by atoms with Gasteiger partial charge in [-0.05, 0) is 50.2 Å². The van der Waals surface area contributed by atoms with Crippen LogP contribution in [0.1, 0.15) is 36.9 Å². The van der Waals surface area contributed by atoms with Crippen molar-refractivity contribution in [2.45, 2.75) is 38.5 Å². The van der Waals surface area contributed by atoms with Gasteiger partial charge in [-0.3, -0.25) is 9.78 Å². The zero-order chi connectivity index (χ0) is 13.6. The SMILES string of the molecule is O=C(Nc1cnc2c(c1)CCCC2)C1CC12CCOC2. The minimum atomic E-state index is 0.140. The third-order valence-corrected chi connectivity index (χ3v) is 5.08. The largest absolute Gasteiger partial charge is 0.381 e. The Morgan fingerprint density at radius 3 is 3.15 bits per heavy atom. The summed E-state index contributed by atoms with van der Waals surface area (Å²) in [7, 11) is 0. The number of hydrogen-bond acceptors (Lipinski definition) is 3. The summed E-state index contributed by atoms with van der Waals surface area (Å²) in [5, 5.41) is 3.05. The van der Waals surface area contributed by atoms with Gasteiger partial charge < -0.3 is 10.1 Å². The number of anilines is 1. The molecule has 1 aliphatic heterocycles. The lowest BCUT2D eigenvalue weighted by Crippen LogP contribution is -2.19. The second-order valence-corrected chi connectivity index (χ2v) is 6.45. The number of nitrogens with zero attached hydrogens (tertiary/aromatic N) is 1.